The Balaban J connectivity index is 1.45. The average molecular weight is 422 g/mol. The number of anilines is 1. The van der Waals surface area contributed by atoms with Crippen LogP contribution >= 0.6 is 0 Å². The van der Waals surface area contributed by atoms with Gasteiger partial charge in [0.05, 0.1) is 5.39 Å². The maximum atomic E-state index is 13.2. The van der Waals surface area contributed by atoms with E-state index in [1.54, 1.807) is 29.2 Å². The molecule has 5 rings (SSSR count). The van der Waals surface area contributed by atoms with Gasteiger partial charge in [-0.15, -0.1) is 0 Å². The van der Waals surface area contributed by atoms with E-state index >= 15 is 0 Å². The first kappa shape index (κ1) is 19.3. The lowest BCUT2D eigenvalue weighted by atomic mass is 10.1. The number of amides is 1. The Labute approximate surface area is 176 Å². The van der Waals surface area contributed by atoms with Gasteiger partial charge in [-0.25, -0.2) is 4.79 Å². The molecule has 1 N–H and O–H groups in total. The molecule has 3 aromatic rings. The normalized spacial score (nSPS) is 20.8. The minimum absolute atomic E-state index is 0.0232. The van der Waals surface area contributed by atoms with E-state index in [-0.39, 0.29) is 34.7 Å². The fraction of sp³-hybridized carbons (Fsp3) is 0.364. The molecular formula is C22H22N4O5. The minimum Gasteiger partial charge on any atom is -0.451 e. The number of hydrogen-bond donors (Lipinski definition) is 1. The Kier molecular flexibility index (Phi) is 4.53. The third kappa shape index (κ3) is 3.26. The largest absolute Gasteiger partial charge is 0.451 e. The van der Waals surface area contributed by atoms with Crippen LogP contribution in [0.5, 0.6) is 0 Å². The number of likely N-dealkylation sites (tertiary alicyclic amines) is 1. The zero-order valence-corrected chi connectivity index (χ0v) is 17.0. The molecule has 31 heavy (non-hydrogen) atoms. The summed E-state index contributed by atoms with van der Waals surface area (Å²) in [5.41, 5.74) is -0.694. The first-order chi connectivity index (χ1) is 14.9. The number of para-hydroxylation sites is 1. The van der Waals surface area contributed by atoms with Crippen LogP contribution in [-0.2, 0) is 7.05 Å². The summed E-state index contributed by atoms with van der Waals surface area (Å²) in [5.74, 6) is 0.190. The van der Waals surface area contributed by atoms with Crippen LogP contribution in [-0.4, -0.2) is 45.5 Å². The van der Waals surface area contributed by atoms with Crippen LogP contribution in [0.15, 0.2) is 55.2 Å². The number of fused-ring (bicyclic) bond motifs is 3. The number of rotatable bonds is 2. The average Bonchev–Trinajstić information content (AvgIpc) is 3.05. The highest BCUT2D eigenvalue weighted by molar-refractivity contribution is 5.93. The molecule has 0 aliphatic carbocycles. The van der Waals surface area contributed by atoms with Gasteiger partial charge >= 0.3 is 5.69 Å². The van der Waals surface area contributed by atoms with Crippen molar-refractivity contribution in [2.75, 3.05) is 18.0 Å². The summed E-state index contributed by atoms with van der Waals surface area (Å²) in [5, 5.41) is 0.440. The predicted molar refractivity (Wildman–Crippen MR) is 115 cm³/mol. The highest BCUT2D eigenvalue weighted by atomic mass is 16.3. The van der Waals surface area contributed by atoms with Crippen molar-refractivity contribution in [3.8, 4) is 0 Å². The Morgan fingerprint density at radius 3 is 2.65 bits per heavy atom. The molecule has 9 nitrogen and oxygen atoms in total. The summed E-state index contributed by atoms with van der Waals surface area (Å²) in [6.07, 6.45) is 2.46. The number of H-pyrrole nitrogens is 1. The van der Waals surface area contributed by atoms with Crippen molar-refractivity contribution in [2.45, 2.75) is 31.3 Å². The van der Waals surface area contributed by atoms with Crippen molar-refractivity contribution in [3.63, 3.8) is 0 Å². The Bertz CT molecular complexity index is 1320. The number of nitrogens with zero attached hydrogens (tertiary/aromatic N) is 3. The summed E-state index contributed by atoms with van der Waals surface area (Å²) >= 11 is 0. The summed E-state index contributed by atoms with van der Waals surface area (Å²) in [4.78, 5) is 56.4. The zero-order valence-electron chi connectivity index (χ0n) is 17.0. The van der Waals surface area contributed by atoms with Gasteiger partial charge in [0.2, 0.25) is 0 Å². The van der Waals surface area contributed by atoms with Crippen LogP contribution in [0.4, 0.5) is 5.82 Å². The summed E-state index contributed by atoms with van der Waals surface area (Å²) in [6.45, 7) is 0.922. The lowest BCUT2D eigenvalue weighted by molar-refractivity contribution is 0.0717. The fourth-order valence-corrected chi connectivity index (χ4v) is 4.70. The molecule has 0 radical (unpaired) electrons. The third-order valence-corrected chi connectivity index (χ3v) is 6.32. The van der Waals surface area contributed by atoms with E-state index in [0.717, 1.165) is 17.4 Å². The van der Waals surface area contributed by atoms with E-state index in [4.69, 9.17) is 4.42 Å². The molecule has 4 heterocycles. The molecule has 2 unspecified atom stereocenters. The van der Waals surface area contributed by atoms with Crippen molar-refractivity contribution < 1.29 is 9.21 Å². The molecule has 1 amide bonds. The van der Waals surface area contributed by atoms with Gasteiger partial charge in [0.15, 0.2) is 11.2 Å². The van der Waals surface area contributed by atoms with Crippen molar-refractivity contribution in [3.05, 3.63) is 73.2 Å². The molecule has 2 aromatic heterocycles. The smallest absolute Gasteiger partial charge is 0.329 e. The van der Waals surface area contributed by atoms with Gasteiger partial charge in [0, 0.05) is 44.4 Å². The van der Waals surface area contributed by atoms with Crippen LogP contribution in [0.1, 0.15) is 29.8 Å². The van der Waals surface area contributed by atoms with Crippen LogP contribution in [0.3, 0.4) is 0 Å². The third-order valence-electron chi connectivity index (χ3n) is 6.32. The lowest BCUT2D eigenvalue weighted by Crippen LogP contribution is -2.43. The standard InChI is InChI=1S/C22H22N4O5/c1-24-20(28)11-19(23-22(24)30)26-13-6-7-14(26)12-25(9-8-13)21(29)18-10-16(27)15-4-2-3-5-17(15)31-18/h2-5,10-11,13-14H,6-9,12H2,1H3,(H,23,30). The van der Waals surface area contributed by atoms with Gasteiger partial charge in [0.25, 0.3) is 11.5 Å². The van der Waals surface area contributed by atoms with E-state index in [9.17, 15) is 19.2 Å². The second-order valence-corrected chi connectivity index (χ2v) is 8.16. The highest BCUT2D eigenvalue weighted by Crippen LogP contribution is 2.33. The zero-order chi connectivity index (χ0) is 21.7. The van der Waals surface area contributed by atoms with Gasteiger partial charge in [-0.1, -0.05) is 12.1 Å². The van der Waals surface area contributed by atoms with Gasteiger partial charge in [-0.3, -0.25) is 23.9 Å². The second-order valence-electron chi connectivity index (χ2n) is 8.16. The molecule has 0 spiro atoms. The first-order valence-electron chi connectivity index (χ1n) is 10.3. The molecule has 2 atom stereocenters. The number of benzene rings is 1. The van der Waals surface area contributed by atoms with E-state index in [1.165, 1.54) is 19.2 Å². The van der Waals surface area contributed by atoms with Crippen LogP contribution in [0.25, 0.3) is 11.0 Å². The number of hydrogen-bond acceptors (Lipinski definition) is 6. The minimum atomic E-state index is -0.461. The monoisotopic (exact) mass is 422 g/mol. The van der Waals surface area contributed by atoms with Crippen molar-refractivity contribution >= 4 is 22.7 Å². The van der Waals surface area contributed by atoms with Crippen molar-refractivity contribution in [1.29, 1.82) is 0 Å². The van der Waals surface area contributed by atoms with Gasteiger partial charge in [0.1, 0.15) is 11.4 Å². The number of aromatic amines is 1. The summed E-state index contributed by atoms with van der Waals surface area (Å²) < 4.78 is 6.77. The molecule has 9 heteroatoms. The van der Waals surface area contributed by atoms with E-state index < -0.39 is 5.69 Å². The molecule has 2 fully saturated rings. The van der Waals surface area contributed by atoms with Crippen molar-refractivity contribution in [1.82, 2.24) is 14.5 Å². The van der Waals surface area contributed by atoms with Crippen LogP contribution in [0.2, 0.25) is 0 Å². The number of carbonyl (C=O) groups excluding carboxylic acids is 1. The molecular weight excluding hydrogens is 400 g/mol. The van der Waals surface area contributed by atoms with Gasteiger partial charge in [-0.05, 0) is 31.4 Å². The SMILES string of the molecule is Cn1c(=O)cc(N2C3CCC2CN(C(=O)c2cc(=O)c4ccccc4o2)CC3)[nH]c1=O. The highest BCUT2D eigenvalue weighted by Gasteiger charge is 2.39. The Morgan fingerprint density at radius 1 is 1.06 bits per heavy atom. The van der Waals surface area contributed by atoms with E-state index in [2.05, 4.69) is 9.88 Å². The number of aromatic nitrogens is 2. The van der Waals surface area contributed by atoms with Gasteiger partial charge in [-0.2, -0.15) is 0 Å². The Morgan fingerprint density at radius 2 is 1.84 bits per heavy atom. The molecule has 2 aliphatic rings. The van der Waals surface area contributed by atoms with E-state index in [1.807, 2.05) is 0 Å². The summed E-state index contributed by atoms with van der Waals surface area (Å²) in [7, 11) is 1.43. The van der Waals surface area contributed by atoms with E-state index in [0.29, 0.717) is 36.3 Å². The number of carbonyl (C=O) groups is 1. The Hall–Kier alpha value is -3.62. The predicted octanol–water partition coefficient (Wildman–Crippen LogP) is 1.06. The molecule has 1 aromatic carbocycles. The van der Waals surface area contributed by atoms with Crippen molar-refractivity contribution in [2.24, 2.45) is 7.05 Å². The topological polar surface area (TPSA) is 109 Å². The maximum absolute atomic E-state index is 13.2. The second kappa shape index (κ2) is 7.26. The molecule has 2 aliphatic heterocycles. The fourth-order valence-electron chi connectivity index (χ4n) is 4.70. The lowest BCUT2D eigenvalue weighted by Gasteiger charge is -2.30. The van der Waals surface area contributed by atoms with Crippen LogP contribution < -0.4 is 21.6 Å². The van der Waals surface area contributed by atoms with Gasteiger partial charge < -0.3 is 14.2 Å². The number of nitrogens with one attached hydrogen (secondary N) is 1. The summed E-state index contributed by atoms with van der Waals surface area (Å²) in [6, 6.07) is 9.63. The first-order valence-corrected chi connectivity index (χ1v) is 10.3. The molecule has 2 bridgehead atoms. The quantitative estimate of drug-likeness (QED) is 0.662. The maximum Gasteiger partial charge on any atom is 0.329 e. The molecule has 0 saturated carbocycles. The molecule has 160 valence electrons. The van der Waals surface area contributed by atoms with Crippen LogP contribution in [0, 0.1) is 0 Å². The molecule has 2 saturated heterocycles.